The maximum Gasteiger partial charge on any atom is 0.296 e. The smallest absolute Gasteiger partial charge is 0.296 e. The number of rotatable bonds is 5. The van der Waals surface area contributed by atoms with E-state index in [0.29, 0.717) is 17.9 Å². The summed E-state index contributed by atoms with van der Waals surface area (Å²) in [5.41, 5.74) is 2.83. The third-order valence-electron chi connectivity index (χ3n) is 7.46. The van der Waals surface area contributed by atoms with Gasteiger partial charge in [-0.1, -0.05) is 30.3 Å². The molecule has 0 spiro atoms. The first-order valence-electron chi connectivity index (χ1n) is 12.5. The van der Waals surface area contributed by atoms with E-state index < -0.39 is 17.7 Å². The molecule has 2 fully saturated rings. The highest BCUT2D eigenvalue weighted by Gasteiger charge is 2.50. The molecule has 2 saturated heterocycles. The average molecular weight is 485 g/mol. The molecule has 7 nitrogen and oxygen atoms in total. The topological polar surface area (TPSA) is 83.2 Å². The number of ketones is 1. The van der Waals surface area contributed by atoms with E-state index in [9.17, 15) is 14.7 Å². The highest BCUT2D eigenvalue weighted by Crippen LogP contribution is 2.43. The van der Waals surface area contributed by atoms with Gasteiger partial charge >= 0.3 is 0 Å². The summed E-state index contributed by atoms with van der Waals surface area (Å²) in [6.45, 7) is 3.09. The van der Waals surface area contributed by atoms with Crippen LogP contribution >= 0.6 is 0 Å². The molecular weight excluding hydrogens is 456 g/mol. The van der Waals surface area contributed by atoms with Gasteiger partial charge in [-0.2, -0.15) is 0 Å². The van der Waals surface area contributed by atoms with E-state index in [1.165, 1.54) is 11.8 Å². The number of hydrogen-bond donors (Lipinski definition) is 1. The lowest BCUT2D eigenvalue weighted by Gasteiger charge is -2.38. The quantitative estimate of drug-likeness (QED) is 0.330. The fourth-order valence-corrected chi connectivity index (χ4v) is 5.64. The molecule has 2 aromatic carbocycles. The number of amides is 1. The van der Waals surface area contributed by atoms with Crippen molar-refractivity contribution in [2.45, 2.75) is 37.9 Å². The largest absolute Gasteiger partial charge is 0.507 e. The molecule has 1 amide bonds. The highest BCUT2D eigenvalue weighted by atomic mass is 16.5. The maximum atomic E-state index is 13.4. The fraction of sp³-hybridized carbons (Fsp3) is 0.310. The number of aliphatic hydroxyl groups is 1. The first kappa shape index (κ1) is 22.6. The van der Waals surface area contributed by atoms with Crippen LogP contribution in [0, 0.1) is 0 Å². The van der Waals surface area contributed by atoms with Crippen LogP contribution in [-0.2, 0) is 22.6 Å². The Hall–Kier alpha value is -3.84. The second-order valence-corrected chi connectivity index (χ2v) is 9.64. The molecule has 1 atom stereocenters. The van der Waals surface area contributed by atoms with Crippen molar-refractivity contribution in [2.75, 3.05) is 19.7 Å². The number of carbonyl (C=O) groups excluding carboxylic acids is 2. The number of fused-ring (bicyclic) bond motifs is 1. The summed E-state index contributed by atoms with van der Waals surface area (Å²) in [6.07, 6.45) is 3.76. The van der Waals surface area contributed by atoms with E-state index in [4.69, 9.17) is 9.15 Å². The molecule has 184 valence electrons. The molecule has 7 heteroatoms. The Morgan fingerprint density at radius 1 is 1.00 bits per heavy atom. The number of nitrogens with zero attached hydrogens (tertiary/aromatic N) is 2. The molecule has 0 radical (unpaired) electrons. The molecule has 3 aliphatic rings. The van der Waals surface area contributed by atoms with E-state index in [-0.39, 0.29) is 17.4 Å². The van der Waals surface area contributed by atoms with Crippen molar-refractivity contribution in [1.82, 2.24) is 9.80 Å². The van der Waals surface area contributed by atoms with Gasteiger partial charge < -0.3 is 19.2 Å². The van der Waals surface area contributed by atoms with Gasteiger partial charge in [0.1, 0.15) is 23.3 Å². The number of aliphatic hydroxyl groups excluding tert-OH is 1. The third-order valence-corrected chi connectivity index (χ3v) is 7.46. The van der Waals surface area contributed by atoms with Gasteiger partial charge in [0.15, 0.2) is 0 Å². The van der Waals surface area contributed by atoms with Crippen LogP contribution in [0.2, 0.25) is 0 Å². The number of benzene rings is 2. The summed E-state index contributed by atoms with van der Waals surface area (Å²) in [7, 11) is 0. The van der Waals surface area contributed by atoms with E-state index in [2.05, 4.69) is 17.0 Å². The summed E-state index contributed by atoms with van der Waals surface area (Å²) in [5, 5.41) is 11.3. The Morgan fingerprint density at radius 2 is 1.81 bits per heavy atom. The standard InChI is InChI=1S/C29H28N2O5/c32-27(21-8-9-23-20(17-21)12-16-36-23)25-26(24-7-4-15-35-24)31(29(34)28(25)33)22-10-13-30(14-11-22)18-19-5-2-1-3-6-19/h1-9,15,17,22,26,32H,10-14,16,18H2/b27-25-. The van der Waals surface area contributed by atoms with Crippen molar-refractivity contribution in [3.05, 3.63) is 95.0 Å². The van der Waals surface area contributed by atoms with Crippen molar-refractivity contribution in [3.63, 3.8) is 0 Å². The van der Waals surface area contributed by atoms with Gasteiger partial charge in [0.05, 0.1) is 18.4 Å². The second kappa shape index (κ2) is 9.32. The molecular formula is C29H28N2O5. The Kier molecular flexibility index (Phi) is 5.85. The van der Waals surface area contributed by atoms with Crippen LogP contribution in [0.15, 0.2) is 76.9 Å². The third kappa shape index (κ3) is 3.99. The fourth-order valence-electron chi connectivity index (χ4n) is 5.64. The van der Waals surface area contributed by atoms with Crippen LogP contribution in [-0.4, -0.2) is 52.3 Å². The number of likely N-dealkylation sites (tertiary alicyclic amines) is 2. The lowest BCUT2D eigenvalue weighted by atomic mass is 9.96. The number of hydrogen-bond acceptors (Lipinski definition) is 6. The molecule has 0 bridgehead atoms. The van der Waals surface area contributed by atoms with Crippen LogP contribution in [0.4, 0.5) is 0 Å². The van der Waals surface area contributed by atoms with Crippen molar-refractivity contribution in [1.29, 1.82) is 0 Å². The van der Waals surface area contributed by atoms with Crippen LogP contribution in [0.3, 0.4) is 0 Å². The first-order valence-corrected chi connectivity index (χ1v) is 12.5. The number of ether oxygens (including phenoxy) is 1. The van der Waals surface area contributed by atoms with Crippen molar-refractivity contribution in [3.8, 4) is 5.75 Å². The molecule has 3 aliphatic heterocycles. The number of carbonyl (C=O) groups is 2. The van der Waals surface area contributed by atoms with Crippen LogP contribution in [0.1, 0.15) is 41.3 Å². The highest BCUT2D eigenvalue weighted by molar-refractivity contribution is 6.46. The van der Waals surface area contributed by atoms with Gasteiger partial charge in [-0.3, -0.25) is 14.5 Å². The SMILES string of the molecule is O=C1C(=O)N(C2CCN(Cc3ccccc3)CC2)C(c2ccco2)/C1=C(/O)c1ccc2c(c1)CCO2. The minimum absolute atomic E-state index is 0.0838. The summed E-state index contributed by atoms with van der Waals surface area (Å²) in [4.78, 5) is 30.7. The van der Waals surface area contributed by atoms with E-state index in [1.807, 2.05) is 24.3 Å². The van der Waals surface area contributed by atoms with Gasteiger partial charge in [0, 0.05) is 37.7 Å². The summed E-state index contributed by atoms with van der Waals surface area (Å²) in [6, 6.07) is 18.3. The number of Topliss-reactive ketones (excluding diaryl/α,β-unsaturated/α-hetero) is 1. The van der Waals surface area contributed by atoms with E-state index >= 15 is 0 Å². The molecule has 6 rings (SSSR count). The first-order chi connectivity index (χ1) is 17.6. The van der Waals surface area contributed by atoms with E-state index in [0.717, 1.165) is 50.2 Å². The summed E-state index contributed by atoms with van der Waals surface area (Å²) < 4.78 is 11.3. The van der Waals surface area contributed by atoms with Gasteiger partial charge in [-0.25, -0.2) is 0 Å². The molecule has 3 aromatic rings. The maximum absolute atomic E-state index is 13.4. The number of furan rings is 1. The van der Waals surface area contributed by atoms with Crippen LogP contribution < -0.4 is 4.74 Å². The predicted molar refractivity (Wildman–Crippen MR) is 133 cm³/mol. The minimum atomic E-state index is -0.754. The van der Waals surface area contributed by atoms with Gasteiger partial charge in [0.25, 0.3) is 11.7 Å². The van der Waals surface area contributed by atoms with Gasteiger partial charge in [0.2, 0.25) is 0 Å². The lowest BCUT2D eigenvalue weighted by Crippen LogP contribution is -2.46. The van der Waals surface area contributed by atoms with E-state index in [1.54, 1.807) is 29.2 Å². The molecule has 1 N–H and O–H groups in total. The molecule has 1 unspecified atom stereocenters. The molecule has 0 saturated carbocycles. The van der Waals surface area contributed by atoms with Gasteiger partial charge in [-0.15, -0.1) is 0 Å². The molecule has 0 aliphatic carbocycles. The molecule has 4 heterocycles. The Morgan fingerprint density at radius 3 is 2.56 bits per heavy atom. The van der Waals surface area contributed by atoms with Crippen LogP contribution in [0.25, 0.3) is 5.76 Å². The summed E-state index contributed by atoms with van der Waals surface area (Å²) in [5.74, 6) is -0.154. The zero-order chi connectivity index (χ0) is 24.6. The molecule has 1 aromatic heterocycles. The normalized spacial score (nSPS) is 22.1. The van der Waals surface area contributed by atoms with Crippen molar-refractivity contribution >= 4 is 17.4 Å². The predicted octanol–water partition coefficient (Wildman–Crippen LogP) is 4.30. The molecule has 36 heavy (non-hydrogen) atoms. The monoisotopic (exact) mass is 484 g/mol. The Bertz CT molecular complexity index is 1310. The minimum Gasteiger partial charge on any atom is -0.507 e. The van der Waals surface area contributed by atoms with Crippen molar-refractivity contribution < 1.29 is 23.8 Å². The lowest BCUT2D eigenvalue weighted by molar-refractivity contribution is -0.142. The van der Waals surface area contributed by atoms with Crippen molar-refractivity contribution in [2.24, 2.45) is 0 Å². The average Bonchev–Trinajstić information content (AvgIpc) is 3.65. The Labute approximate surface area is 209 Å². The van der Waals surface area contributed by atoms with Gasteiger partial charge in [-0.05, 0) is 54.3 Å². The summed E-state index contributed by atoms with van der Waals surface area (Å²) >= 11 is 0. The van der Waals surface area contributed by atoms with Crippen LogP contribution in [0.5, 0.6) is 5.75 Å². The Balaban J connectivity index is 1.30. The zero-order valence-corrected chi connectivity index (χ0v) is 19.9. The number of piperidine rings is 1. The second-order valence-electron chi connectivity index (χ2n) is 9.64. The zero-order valence-electron chi connectivity index (χ0n) is 19.9.